The number of aromatic nitrogens is 1. The normalized spacial score (nSPS) is 10.5. The van der Waals surface area contributed by atoms with Crippen LogP contribution in [0, 0.1) is 0 Å². The van der Waals surface area contributed by atoms with Gasteiger partial charge in [0.2, 0.25) is 11.8 Å². The molecule has 2 rings (SSSR count). The number of nitrogens with zero attached hydrogens (tertiary/aromatic N) is 3. The number of anilines is 2. The van der Waals surface area contributed by atoms with Crippen molar-refractivity contribution in [2.24, 2.45) is 0 Å². The van der Waals surface area contributed by atoms with Crippen LogP contribution in [0.15, 0.2) is 67.1 Å². The van der Waals surface area contributed by atoms with Gasteiger partial charge in [0.15, 0.2) is 5.13 Å². The summed E-state index contributed by atoms with van der Waals surface area (Å²) < 4.78 is 0. The van der Waals surface area contributed by atoms with E-state index in [4.69, 9.17) is 0 Å². The lowest BCUT2D eigenvalue weighted by molar-refractivity contribution is -0.125. The van der Waals surface area contributed by atoms with Crippen molar-refractivity contribution in [2.45, 2.75) is 6.92 Å². The van der Waals surface area contributed by atoms with E-state index < -0.39 is 0 Å². The molecule has 0 aliphatic heterocycles. The van der Waals surface area contributed by atoms with Crippen LogP contribution in [0.1, 0.15) is 12.6 Å². The Balaban J connectivity index is 2.18. The largest absolute Gasteiger partial charge is 0.332 e. The Kier molecular flexibility index (Phi) is 7.05. The third-order valence-electron chi connectivity index (χ3n) is 3.44. The summed E-state index contributed by atoms with van der Waals surface area (Å²) in [4.78, 5) is 31.9. The summed E-state index contributed by atoms with van der Waals surface area (Å²) >= 11 is 1.35. The van der Waals surface area contributed by atoms with Crippen LogP contribution in [0.25, 0.3) is 6.08 Å². The van der Waals surface area contributed by atoms with Crippen LogP contribution in [0.4, 0.5) is 10.8 Å². The molecule has 0 aliphatic carbocycles. The van der Waals surface area contributed by atoms with E-state index in [9.17, 15) is 9.59 Å². The molecule has 6 heteroatoms. The smallest absolute Gasteiger partial charge is 0.247 e. The maximum absolute atomic E-state index is 12.2. The lowest BCUT2D eigenvalue weighted by Gasteiger charge is -2.17. The van der Waals surface area contributed by atoms with Gasteiger partial charge in [-0.25, -0.2) is 4.98 Å². The molecule has 0 atom stereocenters. The van der Waals surface area contributed by atoms with Gasteiger partial charge in [-0.05, 0) is 18.2 Å². The van der Waals surface area contributed by atoms with E-state index >= 15 is 0 Å². The first kappa shape index (κ1) is 19.3. The number of benzene rings is 1. The fourth-order valence-corrected chi connectivity index (χ4v) is 3.14. The van der Waals surface area contributed by atoms with Crippen LogP contribution in [-0.4, -0.2) is 34.8 Å². The highest BCUT2D eigenvalue weighted by molar-refractivity contribution is 7.14. The molecule has 0 radical (unpaired) electrons. The minimum atomic E-state index is -0.147. The predicted molar refractivity (Wildman–Crippen MR) is 107 cm³/mol. The predicted octanol–water partition coefficient (Wildman–Crippen LogP) is 4.04. The molecule has 0 spiro atoms. The molecule has 1 aromatic carbocycles. The topological polar surface area (TPSA) is 53.5 Å². The number of amides is 2. The second-order valence-electron chi connectivity index (χ2n) is 5.40. The van der Waals surface area contributed by atoms with Crippen molar-refractivity contribution in [1.29, 1.82) is 0 Å². The Morgan fingerprint density at radius 3 is 2.38 bits per heavy atom. The van der Waals surface area contributed by atoms with Crippen molar-refractivity contribution in [2.75, 3.05) is 18.0 Å². The van der Waals surface area contributed by atoms with Gasteiger partial charge in [0.1, 0.15) is 0 Å². The van der Waals surface area contributed by atoms with E-state index in [0.29, 0.717) is 23.9 Å². The minimum Gasteiger partial charge on any atom is -0.332 e. The van der Waals surface area contributed by atoms with Crippen molar-refractivity contribution in [1.82, 2.24) is 9.88 Å². The number of carbonyl (C=O) groups is 2. The summed E-state index contributed by atoms with van der Waals surface area (Å²) in [6.45, 7) is 9.69. The summed E-state index contributed by atoms with van der Waals surface area (Å²) in [5.41, 5.74) is 1.38. The molecule has 1 aromatic heterocycles. The molecular formula is C20H21N3O2S. The molecule has 0 bridgehead atoms. The SMILES string of the molecule is C=CCN(CC=C)C(=O)/C=C/c1csc(N(C(C)=O)c2ccccc2)n1. The van der Waals surface area contributed by atoms with Gasteiger partial charge in [0, 0.05) is 31.5 Å². The monoisotopic (exact) mass is 367 g/mol. The highest BCUT2D eigenvalue weighted by Crippen LogP contribution is 2.28. The highest BCUT2D eigenvalue weighted by Gasteiger charge is 2.17. The van der Waals surface area contributed by atoms with E-state index in [0.717, 1.165) is 5.69 Å². The molecule has 0 fully saturated rings. The van der Waals surface area contributed by atoms with Crippen LogP contribution in [0.3, 0.4) is 0 Å². The molecule has 0 N–H and O–H groups in total. The molecule has 0 aliphatic rings. The summed E-state index contributed by atoms with van der Waals surface area (Å²) in [5, 5.41) is 2.37. The summed E-state index contributed by atoms with van der Waals surface area (Å²) in [7, 11) is 0. The van der Waals surface area contributed by atoms with Crippen molar-refractivity contribution >= 4 is 40.0 Å². The zero-order chi connectivity index (χ0) is 18.9. The van der Waals surface area contributed by atoms with Crippen LogP contribution < -0.4 is 4.90 Å². The average Bonchev–Trinajstić information content (AvgIpc) is 3.08. The van der Waals surface area contributed by atoms with E-state index in [1.54, 1.807) is 28.0 Å². The standard InChI is InChI=1S/C20H21N3O2S/c1-4-13-22(14-5-2)19(25)12-11-17-15-26-20(21-17)23(16(3)24)18-9-7-6-8-10-18/h4-12,15H,1-2,13-14H2,3H3/b12-11+. The summed E-state index contributed by atoms with van der Waals surface area (Å²) in [6.07, 6.45) is 6.44. The van der Waals surface area contributed by atoms with E-state index in [2.05, 4.69) is 18.1 Å². The third kappa shape index (κ3) is 5.00. The Labute approximate surface area is 157 Å². The molecule has 0 saturated carbocycles. The fourth-order valence-electron chi connectivity index (χ4n) is 2.29. The lowest BCUT2D eigenvalue weighted by Crippen LogP contribution is -2.29. The Hall–Kier alpha value is -2.99. The van der Waals surface area contributed by atoms with Gasteiger partial charge in [-0.2, -0.15) is 0 Å². The zero-order valence-electron chi connectivity index (χ0n) is 14.7. The molecule has 0 saturated heterocycles. The first-order valence-corrected chi connectivity index (χ1v) is 8.94. The minimum absolute atomic E-state index is 0.125. The van der Waals surface area contributed by atoms with Gasteiger partial charge >= 0.3 is 0 Å². The molecule has 5 nitrogen and oxygen atoms in total. The Morgan fingerprint density at radius 1 is 1.15 bits per heavy atom. The first-order valence-electron chi connectivity index (χ1n) is 8.07. The van der Waals surface area contributed by atoms with Gasteiger partial charge in [-0.15, -0.1) is 24.5 Å². The van der Waals surface area contributed by atoms with Crippen LogP contribution in [0.2, 0.25) is 0 Å². The summed E-state index contributed by atoms with van der Waals surface area (Å²) in [6, 6.07) is 9.33. The molecule has 26 heavy (non-hydrogen) atoms. The molecule has 0 unspecified atom stereocenters. The van der Waals surface area contributed by atoms with Crippen molar-refractivity contribution in [3.8, 4) is 0 Å². The molecule has 1 heterocycles. The first-order chi connectivity index (χ1) is 12.6. The number of hydrogen-bond donors (Lipinski definition) is 0. The number of para-hydroxylation sites is 1. The fraction of sp³-hybridized carbons (Fsp3) is 0.150. The molecule has 2 aromatic rings. The van der Waals surface area contributed by atoms with Crippen molar-refractivity contribution < 1.29 is 9.59 Å². The second-order valence-corrected chi connectivity index (χ2v) is 6.24. The average molecular weight is 367 g/mol. The van der Waals surface area contributed by atoms with Crippen molar-refractivity contribution in [3.05, 3.63) is 72.8 Å². The number of thiazole rings is 1. The van der Waals surface area contributed by atoms with Gasteiger partial charge in [0.25, 0.3) is 0 Å². The van der Waals surface area contributed by atoms with Crippen LogP contribution in [-0.2, 0) is 9.59 Å². The lowest BCUT2D eigenvalue weighted by atomic mass is 10.3. The highest BCUT2D eigenvalue weighted by atomic mass is 32.1. The quantitative estimate of drug-likeness (QED) is 0.523. The third-order valence-corrected chi connectivity index (χ3v) is 4.28. The maximum Gasteiger partial charge on any atom is 0.247 e. The number of rotatable bonds is 8. The van der Waals surface area contributed by atoms with E-state index in [-0.39, 0.29) is 11.8 Å². The molecule has 134 valence electrons. The van der Waals surface area contributed by atoms with Gasteiger partial charge < -0.3 is 4.90 Å². The van der Waals surface area contributed by atoms with Gasteiger partial charge in [-0.3, -0.25) is 14.5 Å². The Bertz CT molecular complexity index is 801. The van der Waals surface area contributed by atoms with Gasteiger partial charge in [-0.1, -0.05) is 30.4 Å². The number of hydrogen-bond acceptors (Lipinski definition) is 4. The Morgan fingerprint density at radius 2 is 1.81 bits per heavy atom. The van der Waals surface area contributed by atoms with Crippen LogP contribution in [0.5, 0.6) is 0 Å². The van der Waals surface area contributed by atoms with E-state index in [1.165, 1.54) is 24.3 Å². The second kappa shape index (κ2) is 9.48. The number of carbonyl (C=O) groups excluding carboxylic acids is 2. The maximum atomic E-state index is 12.2. The summed E-state index contributed by atoms with van der Waals surface area (Å²) in [5.74, 6) is -0.272. The zero-order valence-corrected chi connectivity index (χ0v) is 15.5. The molecular weight excluding hydrogens is 346 g/mol. The van der Waals surface area contributed by atoms with Crippen molar-refractivity contribution in [3.63, 3.8) is 0 Å². The molecule has 2 amide bonds. The van der Waals surface area contributed by atoms with E-state index in [1.807, 2.05) is 35.7 Å². The van der Waals surface area contributed by atoms with Crippen LogP contribution >= 0.6 is 11.3 Å². The van der Waals surface area contributed by atoms with Gasteiger partial charge in [0.05, 0.1) is 11.4 Å².